The summed E-state index contributed by atoms with van der Waals surface area (Å²) in [5.41, 5.74) is -0.406. The number of hydrogen-bond acceptors (Lipinski definition) is 3. The summed E-state index contributed by atoms with van der Waals surface area (Å²) >= 11 is 0. The van der Waals surface area contributed by atoms with Crippen molar-refractivity contribution < 1.29 is 13.2 Å². The van der Waals surface area contributed by atoms with E-state index in [-0.39, 0.29) is 12.4 Å². The Kier molecular flexibility index (Phi) is 2.97. The van der Waals surface area contributed by atoms with E-state index in [1.54, 1.807) is 0 Å². The Morgan fingerprint density at radius 1 is 1.33 bits per heavy atom. The molecule has 0 atom stereocenters. The van der Waals surface area contributed by atoms with Gasteiger partial charge in [-0.05, 0) is 0 Å². The van der Waals surface area contributed by atoms with Crippen molar-refractivity contribution in [3.05, 3.63) is 35.0 Å². The van der Waals surface area contributed by atoms with Gasteiger partial charge in [0.25, 0.3) is 0 Å². The van der Waals surface area contributed by atoms with Gasteiger partial charge in [0.1, 0.15) is 18.7 Å². The van der Waals surface area contributed by atoms with E-state index >= 15 is 0 Å². The van der Waals surface area contributed by atoms with Crippen LogP contribution in [0.25, 0.3) is 0 Å². The van der Waals surface area contributed by atoms with E-state index < -0.39 is 18.4 Å². The highest BCUT2D eigenvalue weighted by atomic mass is 19.4. The van der Waals surface area contributed by atoms with Crippen molar-refractivity contribution in [2.45, 2.75) is 19.3 Å². The highest BCUT2D eigenvalue weighted by molar-refractivity contribution is 4.94. The fraction of sp³-hybridized carbons (Fsp3) is 0.444. The maximum absolute atomic E-state index is 12.3. The first-order chi connectivity index (χ1) is 8.37. The molecule has 0 aliphatic heterocycles. The van der Waals surface area contributed by atoms with E-state index in [0.29, 0.717) is 0 Å². The van der Waals surface area contributed by atoms with E-state index in [4.69, 9.17) is 0 Å². The number of rotatable bonds is 3. The Balaban J connectivity index is 2.23. The van der Waals surface area contributed by atoms with Crippen LogP contribution in [-0.4, -0.2) is 30.1 Å². The summed E-state index contributed by atoms with van der Waals surface area (Å²) in [6, 6.07) is 0. The van der Waals surface area contributed by atoms with Gasteiger partial charge < -0.3 is 4.57 Å². The molecule has 0 radical (unpaired) electrons. The van der Waals surface area contributed by atoms with Crippen LogP contribution in [-0.2, 0) is 20.1 Å². The normalized spacial score (nSPS) is 12.0. The average Bonchev–Trinajstić information content (AvgIpc) is 2.79. The lowest BCUT2D eigenvalue weighted by Gasteiger charge is -2.10. The molecule has 2 aromatic rings. The van der Waals surface area contributed by atoms with Crippen LogP contribution >= 0.6 is 0 Å². The summed E-state index contributed by atoms with van der Waals surface area (Å²) in [6.45, 7) is -1.17. The van der Waals surface area contributed by atoms with Crippen LogP contribution in [0.15, 0.2) is 23.5 Å². The molecule has 0 aliphatic rings. The molecule has 6 nitrogen and oxygen atoms in total. The van der Waals surface area contributed by atoms with Crippen LogP contribution in [0.4, 0.5) is 13.2 Å². The predicted molar refractivity (Wildman–Crippen MR) is 54.9 cm³/mol. The Morgan fingerprint density at radius 3 is 2.61 bits per heavy atom. The number of aromatic nitrogens is 5. The first-order valence-corrected chi connectivity index (χ1v) is 5.02. The molecule has 0 aromatic carbocycles. The average molecular weight is 261 g/mol. The lowest BCUT2D eigenvalue weighted by atomic mass is 10.5. The van der Waals surface area contributed by atoms with Crippen LogP contribution < -0.4 is 5.69 Å². The number of nitrogens with zero attached hydrogens (tertiary/aromatic N) is 5. The second-order valence-electron chi connectivity index (χ2n) is 3.75. The summed E-state index contributed by atoms with van der Waals surface area (Å²) in [7, 11) is 1.46. The number of imidazole rings is 1. The van der Waals surface area contributed by atoms with Crippen molar-refractivity contribution in [2.24, 2.45) is 7.05 Å². The molecule has 0 N–H and O–H groups in total. The molecule has 18 heavy (non-hydrogen) atoms. The summed E-state index contributed by atoms with van der Waals surface area (Å²) in [6.07, 6.45) is -0.572. The van der Waals surface area contributed by atoms with Crippen molar-refractivity contribution in [2.75, 3.05) is 0 Å². The van der Waals surface area contributed by atoms with Gasteiger partial charge in [0.15, 0.2) is 0 Å². The van der Waals surface area contributed by atoms with E-state index in [1.807, 2.05) is 0 Å². The SMILES string of the molecule is Cn1ncn(Cc2nccn2CC(F)(F)F)c1=O. The molecule has 0 aliphatic carbocycles. The topological polar surface area (TPSA) is 57.6 Å². The molecular weight excluding hydrogens is 251 g/mol. The number of alkyl halides is 3. The van der Waals surface area contributed by atoms with Gasteiger partial charge in [-0.1, -0.05) is 0 Å². The highest BCUT2D eigenvalue weighted by Gasteiger charge is 2.28. The van der Waals surface area contributed by atoms with E-state index in [1.165, 1.54) is 30.3 Å². The monoisotopic (exact) mass is 261 g/mol. The van der Waals surface area contributed by atoms with Gasteiger partial charge >= 0.3 is 11.9 Å². The molecular formula is C9H10F3N5O. The fourth-order valence-corrected chi connectivity index (χ4v) is 1.51. The number of halogens is 3. The zero-order chi connectivity index (χ0) is 13.3. The molecule has 0 saturated heterocycles. The zero-order valence-corrected chi connectivity index (χ0v) is 9.42. The maximum Gasteiger partial charge on any atom is 0.406 e. The van der Waals surface area contributed by atoms with E-state index in [0.717, 1.165) is 9.25 Å². The smallest absolute Gasteiger partial charge is 0.324 e. The zero-order valence-electron chi connectivity index (χ0n) is 9.42. The van der Waals surface area contributed by atoms with Crippen molar-refractivity contribution in [1.29, 1.82) is 0 Å². The molecule has 0 fully saturated rings. The van der Waals surface area contributed by atoms with Crippen LogP contribution in [0, 0.1) is 0 Å². The Hall–Kier alpha value is -2.06. The first-order valence-electron chi connectivity index (χ1n) is 5.02. The van der Waals surface area contributed by atoms with Crippen molar-refractivity contribution in [3.63, 3.8) is 0 Å². The van der Waals surface area contributed by atoms with Crippen LogP contribution in [0.2, 0.25) is 0 Å². The third kappa shape index (κ3) is 2.60. The second-order valence-corrected chi connectivity index (χ2v) is 3.75. The first kappa shape index (κ1) is 12.4. The molecule has 2 rings (SSSR count). The number of aryl methyl sites for hydroxylation is 1. The third-order valence-electron chi connectivity index (χ3n) is 2.35. The van der Waals surface area contributed by atoms with Gasteiger partial charge in [-0.25, -0.2) is 14.5 Å². The van der Waals surface area contributed by atoms with Gasteiger partial charge in [0.05, 0.1) is 6.54 Å². The molecule has 2 aromatic heterocycles. The summed E-state index contributed by atoms with van der Waals surface area (Å²) < 4.78 is 40.1. The molecule has 98 valence electrons. The summed E-state index contributed by atoms with van der Waals surface area (Å²) in [4.78, 5) is 15.3. The Bertz CT molecular complexity index is 594. The van der Waals surface area contributed by atoms with E-state index in [9.17, 15) is 18.0 Å². The Labute approximate surface area is 99.3 Å². The molecule has 0 unspecified atom stereocenters. The minimum atomic E-state index is -4.32. The van der Waals surface area contributed by atoms with Crippen molar-refractivity contribution in [1.82, 2.24) is 23.9 Å². The van der Waals surface area contributed by atoms with Crippen LogP contribution in [0.3, 0.4) is 0 Å². The molecule has 0 bridgehead atoms. The lowest BCUT2D eigenvalue weighted by Crippen LogP contribution is -2.25. The largest absolute Gasteiger partial charge is 0.406 e. The van der Waals surface area contributed by atoms with Gasteiger partial charge in [-0.15, -0.1) is 0 Å². The van der Waals surface area contributed by atoms with Crippen molar-refractivity contribution in [3.8, 4) is 0 Å². The maximum atomic E-state index is 12.3. The van der Waals surface area contributed by atoms with Crippen LogP contribution in [0.5, 0.6) is 0 Å². The van der Waals surface area contributed by atoms with E-state index in [2.05, 4.69) is 10.1 Å². The Morgan fingerprint density at radius 2 is 2.06 bits per heavy atom. The minimum absolute atomic E-state index is 0.0459. The second kappa shape index (κ2) is 4.31. The molecule has 9 heteroatoms. The molecule has 0 spiro atoms. The minimum Gasteiger partial charge on any atom is -0.324 e. The standard InChI is InChI=1S/C9H10F3N5O/c1-15-8(18)17(6-14-15)4-7-13-2-3-16(7)5-9(10,11)12/h2-3,6H,4-5H2,1H3. The predicted octanol–water partition coefficient (Wildman–Crippen LogP) is 0.389. The molecule has 0 saturated carbocycles. The summed E-state index contributed by atoms with van der Waals surface area (Å²) in [5.74, 6) is 0.155. The lowest BCUT2D eigenvalue weighted by molar-refractivity contribution is -0.141. The van der Waals surface area contributed by atoms with Crippen molar-refractivity contribution >= 4 is 0 Å². The van der Waals surface area contributed by atoms with Gasteiger partial charge in [0.2, 0.25) is 0 Å². The number of hydrogen-bond donors (Lipinski definition) is 0. The van der Waals surface area contributed by atoms with Crippen LogP contribution in [0.1, 0.15) is 5.82 Å². The van der Waals surface area contributed by atoms with Gasteiger partial charge in [-0.3, -0.25) is 4.57 Å². The third-order valence-corrected chi connectivity index (χ3v) is 2.35. The highest BCUT2D eigenvalue weighted by Crippen LogP contribution is 2.18. The van der Waals surface area contributed by atoms with Gasteiger partial charge in [0, 0.05) is 19.4 Å². The molecule has 0 amide bonds. The fourth-order valence-electron chi connectivity index (χ4n) is 1.51. The molecule has 2 heterocycles. The quantitative estimate of drug-likeness (QED) is 0.803. The summed E-state index contributed by atoms with van der Waals surface area (Å²) in [5, 5.41) is 3.71. The van der Waals surface area contributed by atoms with Gasteiger partial charge in [-0.2, -0.15) is 18.3 Å².